The van der Waals surface area contributed by atoms with Crippen molar-refractivity contribution >= 4 is 5.91 Å². The highest BCUT2D eigenvalue weighted by Gasteiger charge is 2.12. The van der Waals surface area contributed by atoms with Gasteiger partial charge in [-0.05, 0) is 24.3 Å². The maximum Gasteiger partial charge on any atom is 0.317 e. The number of primary amides is 1. The number of methoxy groups -OCH3 is 1. The minimum Gasteiger partial charge on any atom is -0.467 e. The Kier molecular flexibility index (Phi) is 3.37. The quantitative estimate of drug-likeness (QED) is 0.912. The second kappa shape index (κ2) is 4.97. The van der Waals surface area contributed by atoms with Gasteiger partial charge in [-0.25, -0.2) is 8.78 Å². The predicted molar refractivity (Wildman–Crippen MR) is 62.5 cm³/mol. The second-order valence-corrected chi connectivity index (χ2v) is 3.62. The van der Waals surface area contributed by atoms with Crippen LogP contribution in [0, 0.1) is 11.6 Å². The molecule has 2 rings (SSSR count). The lowest BCUT2D eigenvalue weighted by Gasteiger charge is -2.05. The van der Waals surface area contributed by atoms with E-state index in [-0.39, 0.29) is 23.0 Å². The van der Waals surface area contributed by atoms with Gasteiger partial charge in [0.05, 0.1) is 12.8 Å². The highest BCUT2D eigenvalue weighted by Crippen LogP contribution is 2.22. The molecule has 2 aromatic rings. The van der Waals surface area contributed by atoms with Gasteiger partial charge in [-0.3, -0.25) is 4.79 Å². The lowest BCUT2D eigenvalue weighted by Crippen LogP contribution is -2.14. The molecule has 1 aromatic carbocycles. The Morgan fingerprint density at radius 2 is 1.95 bits per heavy atom. The molecule has 5 nitrogen and oxygen atoms in total. The summed E-state index contributed by atoms with van der Waals surface area (Å²) in [6, 6.07) is 4.43. The Bertz CT molecular complexity index is 647. The van der Waals surface area contributed by atoms with Gasteiger partial charge in [0.25, 0.3) is 5.91 Å². The standard InChI is InChI=1S/C12H9F2N3O2/c1-19-12-16-9(5-10(17-12)11(15)18)6-2-3-7(13)8(14)4-6/h2-5H,1H3,(H2,15,18). The maximum absolute atomic E-state index is 13.2. The Balaban J connectivity index is 2.57. The summed E-state index contributed by atoms with van der Waals surface area (Å²) in [6.07, 6.45) is 0. The molecule has 0 aliphatic heterocycles. The monoisotopic (exact) mass is 265 g/mol. The number of hydrogen-bond acceptors (Lipinski definition) is 4. The van der Waals surface area contributed by atoms with Gasteiger partial charge in [-0.1, -0.05) is 0 Å². The summed E-state index contributed by atoms with van der Waals surface area (Å²) in [5.41, 5.74) is 5.53. The fraction of sp³-hybridized carbons (Fsp3) is 0.0833. The molecule has 1 heterocycles. The zero-order valence-corrected chi connectivity index (χ0v) is 9.85. The molecule has 98 valence electrons. The van der Waals surface area contributed by atoms with E-state index < -0.39 is 17.5 Å². The molecule has 0 atom stereocenters. The van der Waals surface area contributed by atoms with Crippen LogP contribution in [0.2, 0.25) is 0 Å². The average molecular weight is 265 g/mol. The highest BCUT2D eigenvalue weighted by molar-refractivity contribution is 5.91. The Labute approximate surface area is 107 Å². The summed E-state index contributed by atoms with van der Waals surface area (Å²) in [4.78, 5) is 18.8. The normalized spacial score (nSPS) is 10.3. The number of benzene rings is 1. The summed E-state index contributed by atoms with van der Waals surface area (Å²) < 4.78 is 30.8. The fourth-order valence-electron chi connectivity index (χ4n) is 1.45. The minimum atomic E-state index is -1.02. The Morgan fingerprint density at radius 1 is 1.21 bits per heavy atom. The molecule has 1 aromatic heterocycles. The molecule has 0 aliphatic rings. The van der Waals surface area contributed by atoms with E-state index in [1.54, 1.807) is 0 Å². The number of nitrogens with zero attached hydrogens (tertiary/aromatic N) is 2. The first-order valence-corrected chi connectivity index (χ1v) is 5.19. The van der Waals surface area contributed by atoms with E-state index in [9.17, 15) is 13.6 Å². The predicted octanol–water partition coefficient (Wildman–Crippen LogP) is 1.53. The molecule has 0 radical (unpaired) electrons. The smallest absolute Gasteiger partial charge is 0.317 e. The minimum absolute atomic E-state index is 0.0772. The summed E-state index contributed by atoms with van der Waals surface area (Å²) in [5.74, 6) is -2.76. The van der Waals surface area contributed by atoms with Crippen molar-refractivity contribution in [2.75, 3.05) is 7.11 Å². The zero-order valence-electron chi connectivity index (χ0n) is 9.85. The summed E-state index contributed by atoms with van der Waals surface area (Å²) in [5, 5.41) is 0. The largest absolute Gasteiger partial charge is 0.467 e. The van der Waals surface area contributed by atoms with Crippen molar-refractivity contribution in [3.63, 3.8) is 0 Å². The number of ether oxygens (including phenoxy) is 1. The van der Waals surface area contributed by atoms with E-state index in [0.717, 1.165) is 12.1 Å². The van der Waals surface area contributed by atoms with Crippen molar-refractivity contribution in [1.29, 1.82) is 0 Å². The molecule has 1 amide bonds. The number of amides is 1. The lowest BCUT2D eigenvalue weighted by molar-refractivity contribution is 0.0994. The highest BCUT2D eigenvalue weighted by atomic mass is 19.2. The molecule has 0 unspecified atom stereocenters. The number of rotatable bonds is 3. The van der Waals surface area contributed by atoms with Crippen LogP contribution in [0.5, 0.6) is 6.01 Å². The molecule has 0 fully saturated rings. The van der Waals surface area contributed by atoms with Crippen LogP contribution in [0.3, 0.4) is 0 Å². The van der Waals surface area contributed by atoms with Crippen molar-refractivity contribution in [3.05, 3.63) is 41.6 Å². The van der Waals surface area contributed by atoms with Crippen LogP contribution in [0.25, 0.3) is 11.3 Å². The van der Waals surface area contributed by atoms with E-state index in [2.05, 4.69) is 9.97 Å². The van der Waals surface area contributed by atoms with E-state index in [0.29, 0.717) is 0 Å². The first kappa shape index (κ1) is 12.9. The van der Waals surface area contributed by atoms with Gasteiger partial charge in [0, 0.05) is 5.56 Å². The number of hydrogen-bond donors (Lipinski definition) is 1. The van der Waals surface area contributed by atoms with Crippen molar-refractivity contribution < 1.29 is 18.3 Å². The topological polar surface area (TPSA) is 78.1 Å². The number of carbonyl (C=O) groups excluding carboxylic acids is 1. The molecule has 0 saturated carbocycles. The van der Waals surface area contributed by atoms with Crippen molar-refractivity contribution in [2.45, 2.75) is 0 Å². The van der Waals surface area contributed by atoms with Crippen LogP contribution in [0.4, 0.5) is 8.78 Å². The summed E-state index contributed by atoms with van der Waals surface area (Å²) in [7, 11) is 1.31. The fourth-order valence-corrected chi connectivity index (χ4v) is 1.45. The first-order valence-electron chi connectivity index (χ1n) is 5.19. The van der Waals surface area contributed by atoms with Crippen LogP contribution in [-0.2, 0) is 0 Å². The molecule has 19 heavy (non-hydrogen) atoms. The number of carbonyl (C=O) groups is 1. The Hall–Kier alpha value is -2.57. The van der Waals surface area contributed by atoms with Crippen molar-refractivity contribution in [2.24, 2.45) is 5.73 Å². The van der Waals surface area contributed by atoms with Crippen molar-refractivity contribution in [3.8, 4) is 17.3 Å². The molecule has 7 heteroatoms. The van der Waals surface area contributed by atoms with E-state index >= 15 is 0 Å². The average Bonchev–Trinajstić information content (AvgIpc) is 2.41. The van der Waals surface area contributed by atoms with Crippen molar-refractivity contribution in [1.82, 2.24) is 9.97 Å². The van der Waals surface area contributed by atoms with Gasteiger partial charge < -0.3 is 10.5 Å². The number of nitrogens with two attached hydrogens (primary N) is 1. The van der Waals surface area contributed by atoms with Crippen LogP contribution in [0.15, 0.2) is 24.3 Å². The van der Waals surface area contributed by atoms with Gasteiger partial charge in [0.1, 0.15) is 5.69 Å². The maximum atomic E-state index is 13.2. The van der Waals surface area contributed by atoms with E-state index in [1.165, 1.54) is 19.2 Å². The third-order valence-electron chi connectivity index (χ3n) is 2.36. The summed E-state index contributed by atoms with van der Waals surface area (Å²) in [6.45, 7) is 0. The van der Waals surface area contributed by atoms with Crippen LogP contribution in [0.1, 0.15) is 10.5 Å². The first-order chi connectivity index (χ1) is 9.01. The van der Waals surface area contributed by atoms with Gasteiger partial charge >= 0.3 is 6.01 Å². The Morgan fingerprint density at radius 3 is 2.53 bits per heavy atom. The molecular weight excluding hydrogens is 256 g/mol. The van der Waals surface area contributed by atoms with Gasteiger partial charge in [-0.2, -0.15) is 9.97 Å². The molecule has 0 bridgehead atoms. The van der Waals surface area contributed by atoms with E-state index in [1.807, 2.05) is 0 Å². The van der Waals surface area contributed by atoms with Crippen LogP contribution < -0.4 is 10.5 Å². The number of aromatic nitrogens is 2. The van der Waals surface area contributed by atoms with Gasteiger partial charge in [0.15, 0.2) is 11.6 Å². The van der Waals surface area contributed by atoms with Crippen LogP contribution >= 0.6 is 0 Å². The lowest BCUT2D eigenvalue weighted by atomic mass is 10.1. The zero-order chi connectivity index (χ0) is 14.0. The molecule has 2 N–H and O–H groups in total. The molecular formula is C12H9F2N3O2. The van der Waals surface area contributed by atoms with Gasteiger partial charge in [0.2, 0.25) is 0 Å². The SMILES string of the molecule is COc1nc(C(N)=O)cc(-c2ccc(F)c(F)c2)n1. The number of halogens is 2. The molecule has 0 saturated heterocycles. The third kappa shape index (κ3) is 2.65. The second-order valence-electron chi connectivity index (χ2n) is 3.62. The van der Waals surface area contributed by atoms with E-state index in [4.69, 9.17) is 10.5 Å². The van der Waals surface area contributed by atoms with Crippen LogP contribution in [-0.4, -0.2) is 23.0 Å². The molecule has 0 aliphatic carbocycles. The summed E-state index contributed by atoms with van der Waals surface area (Å²) >= 11 is 0. The molecule has 0 spiro atoms. The van der Waals surface area contributed by atoms with Gasteiger partial charge in [-0.15, -0.1) is 0 Å². The third-order valence-corrected chi connectivity index (χ3v) is 2.36.